The number of cyclic esters (lactones) is 2. The number of benzene rings is 1. The summed E-state index contributed by atoms with van der Waals surface area (Å²) in [4.78, 5) is 62.5. The van der Waals surface area contributed by atoms with Crippen molar-refractivity contribution in [2.45, 2.75) is 92.6 Å². The molecule has 7 aliphatic rings. The van der Waals surface area contributed by atoms with Gasteiger partial charge in [-0.05, 0) is 91.3 Å². The first-order valence-electron chi connectivity index (χ1n) is 18.3. The number of ether oxygens (including phenoxy) is 2. The van der Waals surface area contributed by atoms with Crippen LogP contribution in [0.1, 0.15) is 96.8 Å². The summed E-state index contributed by atoms with van der Waals surface area (Å²) in [6.45, 7) is 13.8. The first-order valence-corrected chi connectivity index (χ1v) is 18.3. The molecule has 1 saturated heterocycles. The summed E-state index contributed by atoms with van der Waals surface area (Å²) in [5, 5.41) is 22.9. The number of nitrogens with zero attached hydrogens (tertiary/aromatic N) is 2. The van der Waals surface area contributed by atoms with Gasteiger partial charge in [0.2, 0.25) is 0 Å². The monoisotopic (exact) mass is 688 g/mol. The van der Waals surface area contributed by atoms with Gasteiger partial charge in [0.05, 0.1) is 33.3 Å². The SMILES string of the molecule is CC(C)C(C)C=CC(C)C1CCC2C1(C)CCC1C23C=CC2(CC(OC(=O)c4cc([N+](=O)[O-])cc([N+](=O)[O-])c4)CCC12C)C1C(=O)OC(=O)C13. The van der Waals surface area contributed by atoms with E-state index in [-0.39, 0.29) is 28.2 Å². The third-order valence-corrected chi connectivity index (χ3v) is 15.0. The maximum absolute atomic E-state index is 13.9. The molecule has 0 radical (unpaired) electrons. The standard InChI is InChI=1S/C39H48N2O9/c1-21(2)22(3)7-8-23(4)28-9-10-29-36(28,5)13-12-30-37(6)14-11-27(49-33(42)24-17-25(40(45)46)19-26(18-24)41(47)48)20-38(37)15-16-39(29,30)32-31(38)34(43)50-35(32)44/h7-8,15-19,21-23,27-32H,9-14,20H2,1-6H3. The maximum Gasteiger partial charge on any atom is 0.338 e. The van der Waals surface area contributed by atoms with Gasteiger partial charge in [-0.2, -0.15) is 0 Å². The Kier molecular flexibility index (Phi) is 7.99. The van der Waals surface area contributed by atoms with Gasteiger partial charge in [0.1, 0.15) is 6.10 Å². The summed E-state index contributed by atoms with van der Waals surface area (Å²) in [6, 6.07) is 2.77. The highest BCUT2D eigenvalue weighted by atomic mass is 16.6. The number of carbonyl (C=O) groups excluding carboxylic acids is 3. The number of esters is 3. The molecular weight excluding hydrogens is 640 g/mol. The zero-order valence-electron chi connectivity index (χ0n) is 29.8. The maximum atomic E-state index is 13.9. The molecule has 50 heavy (non-hydrogen) atoms. The molecule has 11 heteroatoms. The fourth-order valence-corrected chi connectivity index (χ4v) is 12.4. The molecule has 0 amide bonds. The van der Waals surface area contributed by atoms with Crippen molar-refractivity contribution >= 4 is 29.3 Å². The van der Waals surface area contributed by atoms with Crippen LogP contribution in [0, 0.1) is 89.2 Å². The minimum atomic E-state index is -0.898. The Bertz CT molecular complexity index is 1700. The lowest BCUT2D eigenvalue weighted by atomic mass is 9.28. The molecule has 4 saturated carbocycles. The summed E-state index contributed by atoms with van der Waals surface area (Å²) >= 11 is 0. The van der Waals surface area contributed by atoms with Gasteiger partial charge in [-0.15, -0.1) is 0 Å². The Morgan fingerprint density at radius 2 is 1.54 bits per heavy atom. The van der Waals surface area contributed by atoms with Crippen LogP contribution in [-0.2, 0) is 19.1 Å². The first kappa shape index (κ1) is 34.6. The van der Waals surface area contributed by atoms with Crippen LogP contribution in [0.15, 0.2) is 42.5 Å². The van der Waals surface area contributed by atoms with Crippen LogP contribution in [-0.4, -0.2) is 33.9 Å². The van der Waals surface area contributed by atoms with Crippen LogP contribution < -0.4 is 0 Å². The Balaban J connectivity index is 1.23. The van der Waals surface area contributed by atoms with E-state index >= 15 is 0 Å². The van der Waals surface area contributed by atoms with Gasteiger partial charge in [0, 0.05) is 23.0 Å². The second-order valence-corrected chi connectivity index (χ2v) is 17.2. The Morgan fingerprint density at radius 3 is 2.18 bits per heavy atom. The van der Waals surface area contributed by atoms with Crippen molar-refractivity contribution in [3.63, 3.8) is 0 Å². The normalized spacial score (nSPS) is 40.9. The summed E-state index contributed by atoms with van der Waals surface area (Å²) in [5.41, 5.74) is -3.11. The lowest BCUT2D eigenvalue weighted by Crippen LogP contribution is -2.72. The predicted octanol–water partition coefficient (Wildman–Crippen LogP) is 8.02. The van der Waals surface area contributed by atoms with Gasteiger partial charge >= 0.3 is 17.9 Å². The number of nitro groups is 2. The second kappa shape index (κ2) is 11.6. The van der Waals surface area contributed by atoms with Gasteiger partial charge in [0.15, 0.2) is 0 Å². The van der Waals surface area contributed by atoms with E-state index in [1.165, 1.54) is 0 Å². The van der Waals surface area contributed by atoms with E-state index < -0.39 is 67.9 Å². The van der Waals surface area contributed by atoms with Crippen LogP contribution in [0.3, 0.4) is 0 Å². The van der Waals surface area contributed by atoms with Gasteiger partial charge in [-0.25, -0.2) is 4.79 Å². The third-order valence-electron chi connectivity index (χ3n) is 15.0. The van der Waals surface area contributed by atoms with Gasteiger partial charge < -0.3 is 9.47 Å². The lowest BCUT2D eigenvalue weighted by molar-refractivity contribution is -0.394. The molecule has 1 aromatic carbocycles. The molecule has 2 bridgehead atoms. The number of nitro benzene ring substituents is 2. The van der Waals surface area contributed by atoms with Crippen molar-refractivity contribution in [3.05, 3.63) is 68.3 Å². The van der Waals surface area contributed by atoms with E-state index in [0.29, 0.717) is 42.9 Å². The summed E-state index contributed by atoms with van der Waals surface area (Å²) < 4.78 is 11.5. The highest BCUT2D eigenvalue weighted by Gasteiger charge is 2.81. The highest BCUT2D eigenvalue weighted by Crippen LogP contribution is 2.82. The molecule has 268 valence electrons. The average Bonchev–Trinajstić information content (AvgIpc) is 3.59. The topological polar surface area (TPSA) is 156 Å². The Labute approximate surface area is 292 Å². The molecule has 1 aromatic rings. The Morgan fingerprint density at radius 1 is 0.880 bits per heavy atom. The van der Waals surface area contributed by atoms with Gasteiger partial charge in [-0.3, -0.25) is 29.8 Å². The number of hydrogen-bond acceptors (Lipinski definition) is 9. The molecule has 5 fully saturated rings. The number of hydrogen-bond donors (Lipinski definition) is 0. The Hall–Kier alpha value is -3.89. The molecule has 2 spiro atoms. The average molecular weight is 689 g/mol. The van der Waals surface area contributed by atoms with E-state index in [0.717, 1.165) is 43.9 Å². The fraction of sp³-hybridized carbons (Fsp3) is 0.667. The molecule has 1 heterocycles. The summed E-state index contributed by atoms with van der Waals surface area (Å²) in [7, 11) is 0. The van der Waals surface area contributed by atoms with Crippen molar-refractivity contribution in [2.24, 2.45) is 69.0 Å². The molecular formula is C39H48N2O9. The van der Waals surface area contributed by atoms with Crippen LogP contribution in [0.25, 0.3) is 0 Å². The van der Waals surface area contributed by atoms with Crippen LogP contribution >= 0.6 is 0 Å². The summed E-state index contributed by atoms with van der Waals surface area (Å²) in [5.74, 6) is -0.897. The van der Waals surface area contributed by atoms with Crippen LogP contribution in [0.4, 0.5) is 11.4 Å². The quantitative estimate of drug-likeness (QED) is 0.0867. The molecule has 8 rings (SSSR count). The fourth-order valence-electron chi connectivity index (χ4n) is 12.4. The number of carbonyl (C=O) groups is 3. The van der Waals surface area contributed by atoms with E-state index in [2.05, 4.69) is 65.8 Å². The number of non-ortho nitro benzene ring substituents is 2. The van der Waals surface area contributed by atoms with Crippen molar-refractivity contribution in [1.29, 1.82) is 0 Å². The second-order valence-electron chi connectivity index (χ2n) is 17.2. The zero-order chi connectivity index (χ0) is 36.1. The van der Waals surface area contributed by atoms with Gasteiger partial charge in [0.25, 0.3) is 11.4 Å². The molecule has 1 aliphatic heterocycles. The molecule has 6 aliphatic carbocycles. The first-order chi connectivity index (χ1) is 23.5. The minimum Gasteiger partial charge on any atom is -0.459 e. The van der Waals surface area contributed by atoms with Crippen molar-refractivity contribution in [1.82, 2.24) is 0 Å². The third kappa shape index (κ3) is 4.63. The van der Waals surface area contributed by atoms with Crippen LogP contribution in [0.5, 0.6) is 0 Å². The molecule has 12 atom stereocenters. The van der Waals surface area contributed by atoms with E-state index in [1.807, 2.05) is 0 Å². The smallest absolute Gasteiger partial charge is 0.338 e. The number of allylic oxidation sites excluding steroid dienone is 4. The molecule has 0 aromatic heterocycles. The molecule has 11 nitrogen and oxygen atoms in total. The summed E-state index contributed by atoms with van der Waals surface area (Å²) in [6.07, 6.45) is 14.0. The largest absolute Gasteiger partial charge is 0.459 e. The van der Waals surface area contributed by atoms with Crippen molar-refractivity contribution in [2.75, 3.05) is 0 Å². The van der Waals surface area contributed by atoms with E-state index in [1.54, 1.807) is 0 Å². The van der Waals surface area contributed by atoms with Crippen LogP contribution in [0.2, 0.25) is 0 Å². The van der Waals surface area contributed by atoms with Gasteiger partial charge in [-0.1, -0.05) is 65.8 Å². The number of fused-ring (bicyclic) bond motifs is 1. The number of rotatable bonds is 8. The zero-order valence-corrected chi connectivity index (χ0v) is 29.8. The van der Waals surface area contributed by atoms with E-state index in [4.69, 9.17) is 9.47 Å². The van der Waals surface area contributed by atoms with Crippen molar-refractivity contribution in [3.8, 4) is 0 Å². The van der Waals surface area contributed by atoms with E-state index in [9.17, 15) is 34.6 Å². The minimum absolute atomic E-state index is 0.0104. The predicted molar refractivity (Wildman–Crippen MR) is 182 cm³/mol. The van der Waals surface area contributed by atoms with Crippen molar-refractivity contribution < 1.29 is 33.7 Å². The highest BCUT2D eigenvalue weighted by molar-refractivity contribution is 5.99. The molecule has 0 N–H and O–H groups in total. The molecule has 12 unspecified atom stereocenters. The lowest BCUT2D eigenvalue weighted by Gasteiger charge is -2.74.